The van der Waals surface area contributed by atoms with E-state index >= 15 is 0 Å². The van der Waals surface area contributed by atoms with Crippen molar-refractivity contribution in [2.24, 2.45) is 0 Å². The van der Waals surface area contributed by atoms with E-state index in [9.17, 15) is 5.11 Å². The summed E-state index contributed by atoms with van der Waals surface area (Å²) >= 11 is 5.92. The molecular formula is C12H15ClO3. The fourth-order valence-corrected chi connectivity index (χ4v) is 1.89. The summed E-state index contributed by atoms with van der Waals surface area (Å²) in [7, 11) is 0. The Balaban J connectivity index is 2.16. The normalized spacial score (nSPS) is 24.7. The highest BCUT2D eigenvalue weighted by molar-refractivity contribution is 6.30. The van der Waals surface area contributed by atoms with E-state index in [1.54, 1.807) is 6.07 Å². The number of benzene rings is 1. The highest BCUT2D eigenvalue weighted by Crippen LogP contribution is 2.26. The average Bonchev–Trinajstić information content (AvgIpc) is 2.65. The lowest BCUT2D eigenvalue weighted by molar-refractivity contribution is 0.0728. The number of aliphatic hydroxyl groups is 1. The highest BCUT2D eigenvalue weighted by atomic mass is 35.5. The molecule has 2 atom stereocenters. The van der Waals surface area contributed by atoms with Crippen molar-refractivity contribution in [1.82, 2.24) is 0 Å². The van der Waals surface area contributed by atoms with Gasteiger partial charge in [-0.3, -0.25) is 0 Å². The van der Waals surface area contributed by atoms with Crippen molar-refractivity contribution in [2.75, 3.05) is 13.2 Å². The maximum absolute atomic E-state index is 9.60. The van der Waals surface area contributed by atoms with Gasteiger partial charge in [0.25, 0.3) is 0 Å². The van der Waals surface area contributed by atoms with E-state index < -0.39 is 6.10 Å². The third-order valence-electron chi connectivity index (χ3n) is 2.69. The average molecular weight is 243 g/mol. The smallest absolute Gasteiger partial charge is 0.150 e. The minimum Gasteiger partial charge on any atom is -0.485 e. The third kappa shape index (κ3) is 2.48. The Labute approximate surface area is 99.9 Å². The molecule has 1 aliphatic rings. The largest absolute Gasteiger partial charge is 0.485 e. The minimum atomic E-state index is -0.552. The quantitative estimate of drug-likeness (QED) is 0.882. The van der Waals surface area contributed by atoms with Crippen molar-refractivity contribution in [1.29, 1.82) is 0 Å². The first-order chi connectivity index (χ1) is 7.70. The SMILES string of the molecule is CCc1ccc(Cl)cc1O[C@H]1COC[C@@H]1O. The van der Waals surface area contributed by atoms with Gasteiger partial charge in [0.2, 0.25) is 0 Å². The van der Waals surface area contributed by atoms with E-state index in [0.29, 0.717) is 18.2 Å². The van der Waals surface area contributed by atoms with E-state index in [2.05, 4.69) is 6.92 Å². The zero-order chi connectivity index (χ0) is 11.5. The summed E-state index contributed by atoms with van der Waals surface area (Å²) in [6, 6.07) is 5.57. The summed E-state index contributed by atoms with van der Waals surface area (Å²) in [6.07, 6.45) is 0.0309. The molecular weight excluding hydrogens is 228 g/mol. The van der Waals surface area contributed by atoms with Crippen molar-refractivity contribution >= 4 is 11.6 Å². The van der Waals surface area contributed by atoms with Crippen molar-refractivity contribution < 1.29 is 14.6 Å². The summed E-state index contributed by atoms with van der Waals surface area (Å²) < 4.78 is 10.9. The Bertz CT molecular complexity index is 367. The summed E-state index contributed by atoms with van der Waals surface area (Å²) in [5.41, 5.74) is 1.09. The van der Waals surface area contributed by atoms with E-state index in [-0.39, 0.29) is 6.10 Å². The standard InChI is InChI=1S/C12H15ClO3/c1-2-8-3-4-9(13)5-11(8)16-12-7-15-6-10(12)14/h3-5,10,12,14H,2,6-7H2,1H3/t10-,12-/m0/s1. The highest BCUT2D eigenvalue weighted by Gasteiger charge is 2.28. The fourth-order valence-electron chi connectivity index (χ4n) is 1.73. The molecule has 1 aromatic rings. The van der Waals surface area contributed by atoms with Gasteiger partial charge in [0.1, 0.15) is 18.0 Å². The molecule has 1 saturated heterocycles. The van der Waals surface area contributed by atoms with Crippen molar-refractivity contribution in [3.8, 4) is 5.75 Å². The molecule has 0 aliphatic carbocycles. The van der Waals surface area contributed by atoms with Gasteiger partial charge in [-0.05, 0) is 24.1 Å². The lowest BCUT2D eigenvalue weighted by Crippen LogP contribution is -2.30. The molecule has 0 unspecified atom stereocenters. The third-order valence-corrected chi connectivity index (χ3v) is 2.92. The molecule has 0 saturated carbocycles. The first kappa shape index (κ1) is 11.7. The van der Waals surface area contributed by atoms with Crippen LogP contribution < -0.4 is 4.74 Å². The van der Waals surface area contributed by atoms with Crippen LogP contribution in [0.2, 0.25) is 5.02 Å². The van der Waals surface area contributed by atoms with Crippen LogP contribution >= 0.6 is 11.6 Å². The minimum absolute atomic E-state index is 0.288. The molecule has 0 amide bonds. The maximum Gasteiger partial charge on any atom is 0.150 e. The van der Waals surface area contributed by atoms with Gasteiger partial charge in [0, 0.05) is 5.02 Å². The van der Waals surface area contributed by atoms with Gasteiger partial charge in [-0.15, -0.1) is 0 Å². The Hall–Kier alpha value is -0.770. The van der Waals surface area contributed by atoms with Gasteiger partial charge in [-0.25, -0.2) is 0 Å². The molecule has 1 fully saturated rings. The number of ether oxygens (including phenoxy) is 2. The van der Waals surface area contributed by atoms with Crippen molar-refractivity contribution in [3.63, 3.8) is 0 Å². The van der Waals surface area contributed by atoms with Gasteiger partial charge in [0.15, 0.2) is 0 Å². The Kier molecular flexibility index (Phi) is 3.69. The molecule has 1 aliphatic heterocycles. The van der Waals surface area contributed by atoms with Gasteiger partial charge in [0.05, 0.1) is 13.2 Å². The first-order valence-electron chi connectivity index (χ1n) is 5.41. The summed E-state index contributed by atoms with van der Waals surface area (Å²) in [6.45, 7) is 2.82. The van der Waals surface area contributed by atoms with E-state index in [1.807, 2.05) is 12.1 Å². The predicted molar refractivity (Wildman–Crippen MR) is 62.1 cm³/mol. The van der Waals surface area contributed by atoms with Crippen LogP contribution in [0.15, 0.2) is 18.2 Å². The molecule has 1 N–H and O–H groups in total. The fraction of sp³-hybridized carbons (Fsp3) is 0.500. The van der Waals surface area contributed by atoms with Gasteiger partial charge in [-0.2, -0.15) is 0 Å². The second kappa shape index (κ2) is 5.04. The monoisotopic (exact) mass is 242 g/mol. The van der Waals surface area contributed by atoms with Crippen LogP contribution in [-0.4, -0.2) is 30.5 Å². The van der Waals surface area contributed by atoms with Gasteiger partial charge in [-0.1, -0.05) is 24.6 Å². The zero-order valence-electron chi connectivity index (χ0n) is 9.15. The molecule has 0 radical (unpaired) electrons. The lowest BCUT2D eigenvalue weighted by atomic mass is 10.1. The Morgan fingerprint density at radius 1 is 1.50 bits per heavy atom. The topological polar surface area (TPSA) is 38.7 Å². The van der Waals surface area contributed by atoms with Gasteiger partial charge < -0.3 is 14.6 Å². The number of hydrogen-bond acceptors (Lipinski definition) is 3. The van der Waals surface area contributed by atoms with Crippen LogP contribution in [0.25, 0.3) is 0 Å². The lowest BCUT2D eigenvalue weighted by Gasteiger charge is -2.17. The number of aryl methyl sites for hydroxylation is 1. The molecule has 4 heteroatoms. The second-order valence-electron chi connectivity index (χ2n) is 3.87. The first-order valence-corrected chi connectivity index (χ1v) is 5.79. The Morgan fingerprint density at radius 2 is 2.31 bits per heavy atom. The van der Waals surface area contributed by atoms with Gasteiger partial charge >= 0.3 is 0 Å². The molecule has 16 heavy (non-hydrogen) atoms. The van der Waals surface area contributed by atoms with Crippen LogP contribution in [0, 0.1) is 0 Å². The summed E-state index contributed by atoms with van der Waals surface area (Å²) in [4.78, 5) is 0. The number of halogens is 1. The predicted octanol–water partition coefficient (Wildman–Crippen LogP) is 2.04. The molecule has 1 heterocycles. The van der Waals surface area contributed by atoms with Crippen LogP contribution in [0.5, 0.6) is 5.75 Å². The molecule has 3 nitrogen and oxygen atoms in total. The molecule has 2 rings (SSSR count). The Morgan fingerprint density at radius 3 is 2.94 bits per heavy atom. The molecule has 0 spiro atoms. The molecule has 88 valence electrons. The van der Waals surface area contributed by atoms with E-state index in [1.165, 1.54) is 0 Å². The van der Waals surface area contributed by atoms with Crippen LogP contribution in [0.4, 0.5) is 0 Å². The number of rotatable bonds is 3. The molecule has 1 aromatic carbocycles. The van der Waals surface area contributed by atoms with Crippen molar-refractivity contribution in [2.45, 2.75) is 25.6 Å². The summed E-state index contributed by atoms with van der Waals surface area (Å²) in [5, 5.41) is 10.2. The van der Waals surface area contributed by atoms with Crippen LogP contribution in [-0.2, 0) is 11.2 Å². The maximum atomic E-state index is 9.60. The van der Waals surface area contributed by atoms with E-state index in [0.717, 1.165) is 17.7 Å². The molecule has 0 bridgehead atoms. The zero-order valence-corrected chi connectivity index (χ0v) is 9.91. The van der Waals surface area contributed by atoms with E-state index in [4.69, 9.17) is 21.1 Å². The molecule has 0 aromatic heterocycles. The number of hydrogen-bond donors (Lipinski definition) is 1. The number of aliphatic hydroxyl groups excluding tert-OH is 1. The summed E-state index contributed by atoms with van der Waals surface area (Å²) in [5.74, 6) is 0.740. The second-order valence-corrected chi connectivity index (χ2v) is 4.30. The van der Waals surface area contributed by atoms with Crippen molar-refractivity contribution in [3.05, 3.63) is 28.8 Å². The van der Waals surface area contributed by atoms with Crippen LogP contribution in [0.1, 0.15) is 12.5 Å². The van der Waals surface area contributed by atoms with Crippen LogP contribution in [0.3, 0.4) is 0 Å².